The molecule has 2 aromatic rings. The van der Waals surface area contributed by atoms with Gasteiger partial charge in [-0.3, -0.25) is 4.98 Å². The smallest absolute Gasteiger partial charge is 0.124 e. The van der Waals surface area contributed by atoms with E-state index in [1.165, 1.54) is 24.1 Å². The molecule has 0 saturated heterocycles. The first kappa shape index (κ1) is 11.5. The maximum absolute atomic E-state index is 13.6. The van der Waals surface area contributed by atoms with E-state index in [4.69, 9.17) is 4.98 Å². The standard InChI is InChI=1S/C15H17FN2/c1-9-7-10(16)8-12-14(9)18-13-6-4-3-5-11(13)15(12)17-2/h7-8H,3-6H2,1-2H3,(H,17,18). The molecular formula is C15H17FN2. The second kappa shape index (κ2) is 4.23. The lowest BCUT2D eigenvalue weighted by Gasteiger charge is -2.21. The van der Waals surface area contributed by atoms with Crippen molar-refractivity contribution >= 4 is 16.6 Å². The molecule has 0 fully saturated rings. The molecule has 94 valence electrons. The molecule has 0 unspecified atom stereocenters. The molecular weight excluding hydrogens is 227 g/mol. The number of aryl methyl sites for hydroxylation is 2. The number of fused-ring (bicyclic) bond motifs is 2. The summed E-state index contributed by atoms with van der Waals surface area (Å²) in [7, 11) is 1.91. The predicted molar refractivity (Wildman–Crippen MR) is 72.6 cm³/mol. The number of nitrogens with one attached hydrogen (secondary N) is 1. The number of pyridine rings is 1. The Kier molecular flexibility index (Phi) is 2.69. The van der Waals surface area contributed by atoms with Crippen LogP contribution in [0.15, 0.2) is 12.1 Å². The zero-order chi connectivity index (χ0) is 12.7. The van der Waals surface area contributed by atoms with Gasteiger partial charge in [0.25, 0.3) is 0 Å². The minimum Gasteiger partial charge on any atom is -0.387 e. The summed E-state index contributed by atoms with van der Waals surface area (Å²) in [5.41, 5.74) is 5.38. The highest BCUT2D eigenvalue weighted by Crippen LogP contribution is 2.34. The maximum atomic E-state index is 13.6. The Balaban J connectivity index is 2.40. The van der Waals surface area contributed by atoms with Gasteiger partial charge in [-0.2, -0.15) is 0 Å². The third kappa shape index (κ3) is 1.65. The van der Waals surface area contributed by atoms with Crippen LogP contribution in [0.25, 0.3) is 10.9 Å². The second-order valence-electron chi connectivity index (χ2n) is 4.99. The number of halogens is 1. The zero-order valence-corrected chi connectivity index (χ0v) is 10.8. The van der Waals surface area contributed by atoms with Gasteiger partial charge in [0.2, 0.25) is 0 Å². The van der Waals surface area contributed by atoms with Gasteiger partial charge in [-0.15, -0.1) is 0 Å². The van der Waals surface area contributed by atoms with E-state index < -0.39 is 0 Å². The SMILES string of the molecule is CNc1c2c(nc3c(C)cc(F)cc13)CCCC2. The van der Waals surface area contributed by atoms with Crippen LogP contribution in [0.1, 0.15) is 29.7 Å². The van der Waals surface area contributed by atoms with E-state index in [-0.39, 0.29) is 5.82 Å². The van der Waals surface area contributed by atoms with E-state index in [1.807, 2.05) is 14.0 Å². The van der Waals surface area contributed by atoms with Crippen LogP contribution in [0.5, 0.6) is 0 Å². The number of aromatic nitrogens is 1. The molecule has 0 saturated carbocycles. The molecule has 0 spiro atoms. The molecule has 1 N–H and O–H groups in total. The van der Waals surface area contributed by atoms with Crippen LogP contribution >= 0.6 is 0 Å². The van der Waals surface area contributed by atoms with Gasteiger partial charge in [0, 0.05) is 23.8 Å². The van der Waals surface area contributed by atoms with Crippen LogP contribution in [-0.4, -0.2) is 12.0 Å². The van der Waals surface area contributed by atoms with Gasteiger partial charge in [-0.25, -0.2) is 4.39 Å². The number of rotatable bonds is 1. The quantitative estimate of drug-likeness (QED) is 0.829. The summed E-state index contributed by atoms with van der Waals surface area (Å²) in [6.45, 7) is 1.92. The Hall–Kier alpha value is -1.64. The monoisotopic (exact) mass is 244 g/mol. The molecule has 0 aliphatic heterocycles. The summed E-state index contributed by atoms with van der Waals surface area (Å²) in [5.74, 6) is -0.186. The van der Waals surface area contributed by atoms with Crippen molar-refractivity contribution in [3.63, 3.8) is 0 Å². The average molecular weight is 244 g/mol. The largest absolute Gasteiger partial charge is 0.387 e. The number of anilines is 1. The van der Waals surface area contributed by atoms with Gasteiger partial charge in [-0.1, -0.05) is 0 Å². The van der Waals surface area contributed by atoms with Gasteiger partial charge >= 0.3 is 0 Å². The van der Waals surface area contributed by atoms with Crippen molar-refractivity contribution in [2.24, 2.45) is 0 Å². The molecule has 18 heavy (non-hydrogen) atoms. The van der Waals surface area contributed by atoms with Crippen LogP contribution in [0.4, 0.5) is 10.1 Å². The first-order chi connectivity index (χ1) is 8.70. The Morgan fingerprint density at radius 1 is 1.22 bits per heavy atom. The van der Waals surface area contributed by atoms with E-state index in [0.717, 1.165) is 35.0 Å². The predicted octanol–water partition coefficient (Wildman–Crippen LogP) is 3.60. The fourth-order valence-electron chi connectivity index (χ4n) is 2.94. The average Bonchev–Trinajstić information content (AvgIpc) is 2.36. The van der Waals surface area contributed by atoms with E-state index in [0.29, 0.717) is 0 Å². The molecule has 0 atom stereocenters. The molecule has 3 rings (SSSR count). The van der Waals surface area contributed by atoms with Crippen molar-refractivity contribution in [1.82, 2.24) is 4.98 Å². The Morgan fingerprint density at radius 2 is 2.00 bits per heavy atom. The second-order valence-corrected chi connectivity index (χ2v) is 4.99. The third-order valence-electron chi connectivity index (χ3n) is 3.77. The van der Waals surface area contributed by atoms with Gasteiger partial charge < -0.3 is 5.32 Å². The van der Waals surface area contributed by atoms with Crippen molar-refractivity contribution in [2.75, 3.05) is 12.4 Å². The molecule has 1 heterocycles. The van der Waals surface area contributed by atoms with Crippen molar-refractivity contribution in [2.45, 2.75) is 32.6 Å². The van der Waals surface area contributed by atoms with Gasteiger partial charge in [0.05, 0.1) is 5.52 Å². The topological polar surface area (TPSA) is 24.9 Å². The van der Waals surface area contributed by atoms with Crippen LogP contribution in [0, 0.1) is 12.7 Å². The molecule has 2 nitrogen and oxygen atoms in total. The van der Waals surface area contributed by atoms with E-state index >= 15 is 0 Å². The van der Waals surface area contributed by atoms with Crippen molar-refractivity contribution in [3.05, 3.63) is 34.8 Å². The molecule has 1 aromatic carbocycles. The molecule has 1 aliphatic rings. The highest BCUT2D eigenvalue weighted by molar-refractivity contribution is 5.95. The van der Waals surface area contributed by atoms with Gasteiger partial charge in [0.1, 0.15) is 5.82 Å². The highest BCUT2D eigenvalue weighted by atomic mass is 19.1. The highest BCUT2D eigenvalue weighted by Gasteiger charge is 2.18. The van der Waals surface area contributed by atoms with Gasteiger partial charge in [-0.05, 0) is 55.9 Å². The zero-order valence-electron chi connectivity index (χ0n) is 10.8. The number of nitrogens with zero attached hydrogens (tertiary/aromatic N) is 1. The van der Waals surface area contributed by atoms with E-state index in [1.54, 1.807) is 12.1 Å². The van der Waals surface area contributed by atoms with E-state index in [9.17, 15) is 4.39 Å². The lowest BCUT2D eigenvalue weighted by molar-refractivity contribution is 0.628. The Morgan fingerprint density at radius 3 is 2.78 bits per heavy atom. The molecule has 0 amide bonds. The number of hydrogen-bond donors (Lipinski definition) is 1. The van der Waals surface area contributed by atoms with Crippen LogP contribution < -0.4 is 5.32 Å². The third-order valence-corrected chi connectivity index (χ3v) is 3.77. The molecule has 0 radical (unpaired) electrons. The first-order valence-corrected chi connectivity index (χ1v) is 6.50. The van der Waals surface area contributed by atoms with Crippen LogP contribution in [-0.2, 0) is 12.8 Å². The maximum Gasteiger partial charge on any atom is 0.124 e. The molecule has 3 heteroatoms. The summed E-state index contributed by atoms with van der Waals surface area (Å²) in [6.07, 6.45) is 4.48. The fraction of sp³-hybridized carbons (Fsp3) is 0.400. The summed E-state index contributed by atoms with van der Waals surface area (Å²) < 4.78 is 13.6. The Labute approximate surface area is 106 Å². The summed E-state index contributed by atoms with van der Waals surface area (Å²) in [4.78, 5) is 4.76. The number of hydrogen-bond acceptors (Lipinski definition) is 2. The summed E-state index contributed by atoms with van der Waals surface area (Å²) in [5, 5.41) is 4.16. The van der Waals surface area contributed by atoms with Crippen LogP contribution in [0.3, 0.4) is 0 Å². The van der Waals surface area contributed by atoms with Crippen LogP contribution in [0.2, 0.25) is 0 Å². The van der Waals surface area contributed by atoms with Gasteiger partial charge in [0.15, 0.2) is 0 Å². The molecule has 1 aromatic heterocycles. The fourth-order valence-corrected chi connectivity index (χ4v) is 2.94. The summed E-state index contributed by atoms with van der Waals surface area (Å²) in [6, 6.07) is 3.15. The lowest BCUT2D eigenvalue weighted by atomic mass is 9.92. The minimum atomic E-state index is -0.186. The number of benzene rings is 1. The molecule has 0 bridgehead atoms. The Bertz CT molecular complexity index is 620. The minimum absolute atomic E-state index is 0.186. The van der Waals surface area contributed by atoms with Crippen molar-refractivity contribution in [3.8, 4) is 0 Å². The van der Waals surface area contributed by atoms with Crippen molar-refractivity contribution in [1.29, 1.82) is 0 Å². The van der Waals surface area contributed by atoms with Crippen molar-refractivity contribution < 1.29 is 4.39 Å². The molecule has 1 aliphatic carbocycles. The lowest BCUT2D eigenvalue weighted by Crippen LogP contribution is -2.10. The summed E-state index contributed by atoms with van der Waals surface area (Å²) >= 11 is 0. The normalized spacial score (nSPS) is 14.6. The first-order valence-electron chi connectivity index (χ1n) is 6.50. The van der Waals surface area contributed by atoms with E-state index in [2.05, 4.69) is 5.32 Å².